The van der Waals surface area contributed by atoms with Crippen molar-refractivity contribution in [2.75, 3.05) is 0 Å². The topological polar surface area (TPSA) is 31.6 Å². The summed E-state index contributed by atoms with van der Waals surface area (Å²) in [7, 11) is -2.84. The van der Waals surface area contributed by atoms with Gasteiger partial charge in [0, 0.05) is 39.3 Å². The molecule has 3 heterocycles. The average molecular weight is 1840 g/mol. The van der Waals surface area contributed by atoms with E-state index in [1.54, 1.807) is 0 Å². The molecule has 4 unspecified atom stereocenters. The van der Waals surface area contributed by atoms with Crippen LogP contribution >= 0.6 is 0 Å². The molecule has 0 N–H and O–H groups in total. The predicted octanol–water partition coefficient (Wildman–Crippen LogP) is 36.7. The summed E-state index contributed by atoms with van der Waals surface area (Å²) in [6, 6.07) is 137. The molecule has 0 saturated heterocycles. The van der Waals surface area contributed by atoms with E-state index in [0.29, 0.717) is 0 Å². The van der Waals surface area contributed by atoms with Gasteiger partial charge in [-0.1, -0.05) is 425 Å². The molecule has 29 rings (SSSR count). The van der Waals surface area contributed by atoms with Crippen molar-refractivity contribution >= 4 is 200 Å². The van der Waals surface area contributed by atoms with Gasteiger partial charge in [0.15, 0.2) is 0 Å². The minimum atomic E-state index is -1.46. The first-order chi connectivity index (χ1) is 68.3. The molecule has 0 saturated carbocycles. The summed E-state index contributed by atoms with van der Waals surface area (Å²) in [6.45, 7) is 28.3. The smallest absolute Gasteiger partial charge is 0.135 e. The maximum absolute atomic E-state index is 7.01. The molecular weight excluding hydrogens is 1740 g/mol. The van der Waals surface area contributed by atoms with Crippen molar-refractivity contribution in [1.29, 1.82) is 0 Å². The summed E-state index contributed by atoms with van der Waals surface area (Å²) in [6.07, 6.45) is 14.0. The lowest BCUT2D eigenvalue weighted by Crippen LogP contribution is -2.37. The molecule has 0 fully saturated rings. The third kappa shape index (κ3) is 13.9. The monoisotopic (exact) mass is 1840 g/mol. The van der Waals surface area contributed by atoms with Crippen LogP contribution in [-0.2, 0) is 10.8 Å². The van der Waals surface area contributed by atoms with E-state index in [1.807, 2.05) is 0 Å². The van der Waals surface area contributed by atoms with Crippen molar-refractivity contribution in [3.8, 4) is 67.1 Å². The normalized spacial score (nSPS) is 15.9. The van der Waals surface area contributed by atoms with Crippen molar-refractivity contribution < 1.29 is 13.9 Å². The first kappa shape index (κ1) is 84.7. The molecule has 0 radical (unpaired) electrons. The highest BCUT2D eigenvalue weighted by atomic mass is 28.3. The molecular formula is C136H106O3Si2. The number of hydrogen-bond acceptors (Lipinski definition) is 3. The Morgan fingerprint density at radius 1 is 0.234 bits per heavy atom. The number of hydrogen-bond donors (Lipinski definition) is 0. The molecule has 25 aromatic rings. The summed E-state index contributed by atoms with van der Waals surface area (Å²) in [5.74, 6) is 2.31. The van der Waals surface area contributed by atoms with Crippen LogP contribution in [0.1, 0.15) is 86.8 Å². The van der Waals surface area contributed by atoms with Crippen LogP contribution in [0.4, 0.5) is 0 Å². The van der Waals surface area contributed by atoms with Crippen LogP contribution in [0.2, 0.25) is 39.3 Å². The number of furan rings is 1. The second kappa shape index (κ2) is 31.5. The van der Waals surface area contributed by atoms with E-state index in [2.05, 4.69) is 481 Å². The third-order valence-corrected chi connectivity index (χ3v) is 35.8. The Hall–Kier alpha value is -15.5. The molecule has 676 valence electrons. The quantitative estimate of drug-likeness (QED) is 0.107. The first-order valence-electron chi connectivity index (χ1n) is 50.2. The van der Waals surface area contributed by atoms with Crippen LogP contribution in [0, 0.1) is 0 Å². The fourth-order valence-electron chi connectivity index (χ4n) is 24.1. The molecule has 0 spiro atoms. The van der Waals surface area contributed by atoms with Crippen LogP contribution in [0.5, 0.6) is 11.5 Å². The van der Waals surface area contributed by atoms with Crippen LogP contribution in [0.3, 0.4) is 0 Å². The van der Waals surface area contributed by atoms with Gasteiger partial charge in [0.1, 0.15) is 34.9 Å². The average Bonchev–Trinajstić information content (AvgIpc) is 1.52. The number of ether oxygens (including phenoxy) is 2. The molecule has 2 aliphatic heterocycles. The lowest BCUT2D eigenvalue weighted by molar-refractivity contribution is 0.269. The predicted molar refractivity (Wildman–Crippen MR) is 611 cm³/mol. The Morgan fingerprint density at radius 2 is 0.617 bits per heavy atom. The largest absolute Gasteiger partial charge is 0.485 e. The molecule has 3 nitrogen and oxygen atoms in total. The van der Waals surface area contributed by atoms with Gasteiger partial charge in [-0.2, -0.15) is 0 Å². The molecule has 0 bridgehead atoms. The van der Waals surface area contributed by atoms with E-state index >= 15 is 0 Å². The summed E-state index contributed by atoms with van der Waals surface area (Å²) in [5.41, 5.74) is 24.7. The summed E-state index contributed by atoms with van der Waals surface area (Å²) < 4.78 is 19.9. The number of benzene rings is 24. The Morgan fingerprint density at radius 3 is 1.09 bits per heavy atom. The zero-order chi connectivity index (χ0) is 95.1. The van der Waals surface area contributed by atoms with Gasteiger partial charge in [0.25, 0.3) is 0 Å². The highest BCUT2D eigenvalue weighted by Gasteiger charge is 2.39. The second-order valence-electron chi connectivity index (χ2n) is 44.4. The van der Waals surface area contributed by atoms with Gasteiger partial charge < -0.3 is 13.9 Å². The fraction of sp³-hybridized carbons (Fsp3) is 0.132. The Balaban J connectivity index is 0.000000108. The summed E-state index contributed by atoms with van der Waals surface area (Å²) in [5, 5.41) is 39.4. The Labute approximate surface area is 824 Å². The van der Waals surface area contributed by atoms with Crippen molar-refractivity contribution in [3.63, 3.8) is 0 Å². The van der Waals surface area contributed by atoms with Gasteiger partial charge >= 0.3 is 0 Å². The zero-order valence-electron chi connectivity index (χ0n) is 81.6. The highest BCUT2D eigenvalue weighted by molar-refractivity contribution is 6.89. The van der Waals surface area contributed by atoms with Crippen LogP contribution in [0.15, 0.2) is 405 Å². The maximum Gasteiger partial charge on any atom is 0.135 e. The molecule has 2 aliphatic carbocycles. The van der Waals surface area contributed by atoms with Crippen molar-refractivity contribution in [2.45, 2.75) is 116 Å². The van der Waals surface area contributed by atoms with Crippen LogP contribution in [-0.4, -0.2) is 28.4 Å². The van der Waals surface area contributed by atoms with Gasteiger partial charge in [0.2, 0.25) is 0 Å². The Bertz CT molecular complexity index is 9620. The van der Waals surface area contributed by atoms with Crippen molar-refractivity contribution in [2.24, 2.45) is 0 Å². The summed E-state index contributed by atoms with van der Waals surface area (Å²) >= 11 is 0. The van der Waals surface area contributed by atoms with Gasteiger partial charge in [-0.3, -0.25) is 0 Å². The Kier molecular flexibility index (Phi) is 18.9. The molecule has 4 atom stereocenters. The van der Waals surface area contributed by atoms with Gasteiger partial charge in [-0.25, -0.2) is 0 Å². The van der Waals surface area contributed by atoms with E-state index in [-0.39, 0.29) is 34.9 Å². The lowest BCUT2D eigenvalue weighted by Gasteiger charge is -2.24. The van der Waals surface area contributed by atoms with E-state index in [9.17, 15) is 0 Å². The molecule has 1 aromatic heterocycles. The van der Waals surface area contributed by atoms with E-state index < -0.39 is 16.1 Å². The van der Waals surface area contributed by atoms with E-state index in [1.165, 1.54) is 251 Å². The third-order valence-electron chi connectivity index (χ3n) is 31.7. The molecule has 0 amide bonds. The fourth-order valence-corrected chi connectivity index (χ4v) is 26.4. The second-order valence-corrected chi connectivity index (χ2v) is 54.5. The van der Waals surface area contributed by atoms with Gasteiger partial charge in [0.05, 0.1) is 16.1 Å². The van der Waals surface area contributed by atoms with Crippen LogP contribution < -0.4 is 19.8 Å². The standard InChI is InChI=1S/C53H38OSi.C46H38O.C37H30OSi/c1-55(2,3)40-21-14-31(15-22-40)45-29-39(42-24-17-37-13-11-33-7-5-9-35-19-26-44(42)52(37)50(33)35)30-47-46-28-38(20-27-48(46)54-53(45)47)41-23-16-36-12-10-32-6-4-8-34-18-25-43(41)51(36)49(32)34;1-45(2,3)33-17-12-30-22-34(46(4,5)6)26-38(37(30)25-33)32-16-21-42-40(24-32)39-23-31(15-20-41(39)47-42)35-18-13-29-11-10-27-8-7-9-28-14-19-36(35)44(29)43(27)28;1-39(2,3)29-9-5-8-26(20-29)27-14-18-34-32(21-27)33-22-28(15-19-35(33)38-34)30-16-12-25-11-10-23-6-4-7-24-13-17-31(30)37(25)36(23)24/h4-30,46,48H,1-3H3;7-26H,1-6H3;4-22,33,35H,1-3H3. The van der Waals surface area contributed by atoms with E-state index in [4.69, 9.17) is 13.9 Å². The molecule has 4 aliphatic rings. The minimum Gasteiger partial charge on any atom is -0.485 e. The summed E-state index contributed by atoms with van der Waals surface area (Å²) in [4.78, 5) is 0. The van der Waals surface area contributed by atoms with Crippen molar-refractivity contribution in [1.82, 2.24) is 0 Å². The number of rotatable bonds is 9. The lowest BCUT2D eigenvalue weighted by atomic mass is 9.81. The van der Waals surface area contributed by atoms with Gasteiger partial charge in [-0.05, 0) is 301 Å². The van der Waals surface area contributed by atoms with Crippen molar-refractivity contribution in [3.05, 3.63) is 434 Å². The highest BCUT2D eigenvalue weighted by Crippen LogP contribution is 2.55. The minimum absolute atomic E-state index is 0.0354. The molecule has 141 heavy (non-hydrogen) atoms. The molecule has 24 aromatic carbocycles. The van der Waals surface area contributed by atoms with Gasteiger partial charge in [-0.15, -0.1) is 0 Å². The van der Waals surface area contributed by atoms with Crippen LogP contribution in [0.25, 0.3) is 229 Å². The SMILES string of the molecule is CC(C)(C)c1cc(-c2ccc3oc4ccc(-c5ccc6ccc7cccc8ccc5c6c78)cc4c3c2)c2cc(C(C)(C)C)ccc2c1.C[Si](C)(C)c1ccc(-c2cc(-c3ccc4ccc5cccc6ccc3c4c56)cc3c2OC2C=CC(c4ccc5ccc6cccc7ccc4c5c67)=CC32)cc1.C[Si](C)(C)c1cccc(-c2ccc3c(c2)C2C=C(c4ccc5ccc6cccc7ccc4c5c67)C=CC2O3)c1. The maximum atomic E-state index is 7.01. The molecule has 5 heteroatoms. The number of fused-ring (bicyclic) bond motifs is 10. The zero-order valence-corrected chi connectivity index (χ0v) is 83.6. The first-order valence-corrected chi connectivity index (χ1v) is 57.2. The van der Waals surface area contributed by atoms with E-state index in [0.717, 1.165) is 33.4 Å². The number of allylic oxidation sites excluding steroid dienone is 4.